The summed E-state index contributed by atoms with van der Waals surface area (Å²) in [5.41, 5.74) is 0.0627. The average molecular weight is 576 g/mol. The van der Waals surface area contributed by atoms with Gasteiger partial charge in [-0.25, -0.2) is 18.6 Å². The number of fused-ring (bicyclic) bond motifs is 3. The Kier molecular flexibility index (Phi) is 6.65. The van der Waals surface area contributed by atoms with Crippen molar-refractivity contribution in [2.75, 3.05) is 18.4 Å². The first-order chi connectivity index (χ1) is 19.6. The Hall–Kier alpha value is -4.10. The van der Waals surface area contributed by atoms with Gasteiger partial charge in [0.15, 0.2) is 17.5 Å². The second kappa shape index (κ2) is 10.1. The van der Waals surface area contributed by atoms with Crippen LogP contribution < -0.4 is 10.6 Å². The molecule has 3 aliphatic rings. The minimum atomic E-state index is -4.57. The fourth-order valence-corrected chi connectivity index (χ4v) is 6.22. The second-order valence-corrected chi connectivity index (χ2v) is 10.7. The number of alkyl halides is 3. The Balaban J connectivity index is 1.22. The van der Waals surface area contributed by atoms with E-state index < -0.39 is 47.6 Å². The monoisotopic (exact) mass is 575 g/mol. The molecule has 0 radical (unpaired) electrons. The molecule has 6 rings (SSSR count). The summed E-state index contributed by atoms with van der Waals surface area (Å²) in [7, 11) is 0. The number of piperidine rings is 1. The van der Waals surface area contributed by atoms with Crippen molar-refractivity contribution >= 4 is 17.8 Å². The van der Waals surface area contributed by atoms with Crippen LogP contribution in [0.3, 0.4) is 0 Å². The van der Waals surface area contributed by atoms with E-state index in [1.54, 1.807) is 17.2 Å². The summed E-state index contributed by atoms with van der Waals surface area (Å²) in [4.78, 5) is 32.0. The lowest BCUT2D eigenvalue weighted by molar-refractivity contribution is -0.129. The number of carbonyl (C=O) groups is 2. The zero-order chi connectivity index (χ0) is 28.9. The van der Waals surface area contributed by atoms with Crippen LogP contribution in [0.2, 0.25) is 0 Å². The lowest BCUT2D eigenvalue weighted by atomic mass is 9.74. The number of pyridine rings is 1. The average Bonchev–Trinajstić information content (AvgIpc) is 3.37. The Morgan fingerprint density at radius 3 is 2.63 bits per heavy atom. The Labute approximate surface area is 231 Å². The van der Waals surface area contributed by atoms with Crippen molar-refractivity contribution in [3.63, 3.8) is 0 Å². The van der Waals surface area contributed by atoms with Gasteiger partial charge in [-0.05, 0) is 43.4 Å². The van der Waals surface area contributed by atoms with Crippen LogP contribution in [0, 0.1) is 11.6 Å². The van der Waals surface area contributed by atoms with Crippen molar-refractivity contribution in [1.82, 2.24) is 30.0 Å². The molecule has 9 nitrogen and oxygen atoms in total. The number of anilines is 1. The topological polar surface area (TPSA) is 105 Å². The number of nitrogens with zero attached hydrogens (tertiary/aromatic N) is 5. The summed E-state index contributed by atoms with van der Waals surface area (Å²) >= 11 is 0. The number of hydrogen-bond acceptors (Lipinski definition) is 5. The quantitative estimate of drug-likeness (QED) is 0.452. The van der Waals surface area contributed by atoms with Crippen molar-refractivity contribution in [1.29, 1.82) is 0 Å². The third-order valence-corrected chi connectivity index (χ3v) is 8.35. The van der Waals surface area contributed by atoms with E-state index >= 15 is 0 Å². The van der Waals surface area contributed by atoms with Crippen LogP contribution in [-0.4, -0.2) is 55.9 Å². The predicted molar refractivity (Wildman–Crippen MR) is 135 cm³/mol. The second-order valence-electron chi connectivity index (χ2n) is 10.7. The molecule has 3 aliphatic heterocycles. The van der Waals surface area contributed by atoms with Gasteiger partial charge in [0.05, 0.1) is 11.5 Å². The molecule has 0 bridgehead atoms. The van der Waals surface area contributed by atoms with Crippen molar-refractivity contribution in [3.05, 3.63) is 70.9 Å². The van der Waals surface area contributed by atoms with Crippen LogP contribution in [0.5, 0.6) is 0 Å². The fourth-order valence-electron chi connectivity index (χ4n) is 6.22. The third kappa shape index (κ3) is 4.88. The van der Waals surface area contributed by atoms with E-state index in [0.29, 0.717) is 18.7 Å². The Bertz CT molecular complexity index is 1500. The molecule has 2 atom stereocenters. The van der Waals surface area contributed by atoms with Gasteiger partial charge in [0.1, 0.15) is 18.1 Å². The van der Waals surface area contributed by atoms with Gasteiger partial charge in [0, 0.05) is 37.3 Å². The van der Waals surface area contributed by atoms with Gasteiger partial charge in [0.2, 0.25) is 5.91 Å². The van der Waals surface area contributed by atoms with E-state index in [1.165, 1.54) is 16.7 Å². The number of carbonyl (C=O) groups excluding carboxylic acids is 2. The summed E-state index contributed by atoms with van der Waals surface area (Å²) in [5.74, 6) is -2.65. The number of aromatic nitrogens is 4. The van der Waals surface area contributed by atoms with Crippen LogP contribution in [0.1, 0.15) is 60.4 Å². The smallest absolute Gasteiger partial charge is 0.328 e. The molecule has 1 fully saturated rings. The van der Waals surface area contributed by atoms with Crippen molar-refractivity contribution < 1.29 is 31.5 Å². The highest BCUT2D eigenvalue weighted by molar-refractivity contribution is 6.05. The molecule has 1 saturated heterocycles. The summed E-state index contributed by atoms with van der Waals surface area (Å²) in [6.07, 6.45) is -3.10. The molecule has 3 aromatic rings. The van der Waals surface area contributed by atoms with Crippen LogP contribution >= 0.6 is 0 Å². The van der Waals surface area contributed by atoms with Gasteiger partial charge in [0.25, 0.3) is 0 Å². The Morgan fingerprint density at radius 2 is 1.88 bits per heavy atom. The van der Waals surface area contributed by atoms with E-state index in [9.17, 15) is 31.5 Å². The number of halogens is 5. The highest BCUT2D eigenvalue weighted by Crippen LogP contribution is 2.44. The van der Waals surface area contributed by atoms with Crippen LogP contribution in [0.4, 0.5) is 32.6 Å². The van der Waals surface area contributed by atoms with E-state index in [0.717, 1.165) is 11.6 Å². The minimum absolute atomic E-state index is 0.0422. The molecule has 41 heavy (non-hydrogen) atoms. The molecule has 3 amide bonds. The maximum Gasteiger partial charge on any atom is 0.396 e. The molecule has 1 spiro atoms. The number of hydrogen-bond donors (Lipinski definition) is 2. The van der Waals surface area contributed by atoms with Crippen LogP contribution in [-0.2, 0) is 23.2 Å². The summed E-state index contributed by atoms with van der Waals surface area (Å²) in [5, 5.41) is 13.4. The molecule has 0 saturated carbocycles. The maximum atomic E-state index is 14.7. The van der Waals surface area contributed by atoms with Gasteiger partial charge in [-0.3, -0.25) is 4.79 Å². The number of rotatable bonds is 3. The van der Waals surface area contributed by atoms with E-state index in [2.05, 4.69) is 25.8 Å². The molecule has 1 aromatic carbocycles. The van der Waals surface area contributed by atoms with Gasteiger partial charge >= 0.3 is 12.2 Å². The fraction of sp³-hybridized carbons (Fsp3) is 0.444. The number of likely N-dealkylation sites (tertiary alicyclic amines) is 1. The summed E-state index contributed by atoms with van der Waals surface area (Å²) < 4.78 is 69.9. The highest BCUT2D eigenvalue weighted by atomic mass is 19.4. The zero-order valence-electron chi connectivity index (χ0n) is 21.7. The van der Waals surface area contributed by atoms with Crippen molar-refractivity contribution in [3.8, 4) is 0 Å². The lowest BCUT2D eigenvalue weighted by Gasteiger charge is -2.38. The molecular formula is C27H26F5N7O2. The largest absolute Gasteiger partial charge is 0.396 e. The van der Waals surface area contributed by atoms with E-state index in [4.69, 9.17) is 0 Å². The van der Waals surface area contributed by atoms with Crippen LogP contribution in [0.15, 0.2) is 36.5 Å². The lowest BCUT2D eigenvalue weighted by Crippen LogP contribution is -2.51. The Morgan fingerprint density at radius 1 is 1.10 bits per heavy atom. The predicted octanol–water partition coefficient (Wildman–Crippen LogP) is 4.37. The number of urea groups is 1. The zero-order valence-corrected chi connectivity index (χ0v) is 21.7. The van der Waals surface area contributed by atoms with Gasteiger partial charge < -0.3 is 20.1 Å². The first kappa shape index (κ1) is 27.1. The molecule has 5 heterocycles. The van der Waals surface area contributed by atoms with E-state index in [-0.39, 0.29) is 55.6 Å². The summed E-state index contributed by atoms with van der Waals surface area (Å²) in [6.45, 7) is 0.433. The number of amides is 3. The SMILES string of the molecule is O=C(N[C@@H]1CC[C@@H](c2cccc(F)c2F)Cn2c(CC(F)(F)F)nnc21)N1CCC2(CC1)C(=O)Nc1ncccc12. The molecule has 216 valence electrons. The summed E-state index contributed by atoms with van der Waals surface area (Å²) in [6, 6.07) is 6.08. The molecule has 14 heteroatoms. The molecule has 0 aliphatic carbocycles. The normalized spacial score (nSPS) is 21.7. The van der Waals surface area contributed by atoms with Gasteiger partial charge in [-0.15, -0.1) is 10.2 Å². The third-order valence-electron chi connectivity index (χ3n) is 8.35. The number of benzene rings is 1. The molecule has 0 unspecified atom stereocenters. The highest BCUT2D eigenvalue weighted by Gasteiger charge is 2.49. The standard InChI is InChI=1S/C27H26F5N7O2/c28-18-5-1-3-16(21(18)29)15-6-7-19(23-37-36-20(39(23)14-15)13-27(30,31)32)34-25(41)38-11-8-26(9-12-38)17-4-2-10-33-22(17)35-24(26)40/h1-5,10,15,19H,6-9,11-14H2,(H,34,41)(H,33,35,40)/t15-,19-/m1/s1. The van der Waals surface area contributed by atoms with Crippen molar-refractivity contribution in [2.45, 2.75) is 62.2 Å². The maximum absolute atomic E-state index is 14.7. The minimum Gasteiger partial charge on any atom is -0.328 e. The number of nitrogens with one attached hydrogen (secondary N) is 2. The molecule has 2 N–H and O–H groups in total. The first-order valence-electron chi connectivity index (χ1n) is 13.3. The van der Waals surface area contributed by atoms with E-state index in [1.807, 2.05) is 6.07 Å². The van der Waals surface area contributed by atoms with Crippen molar-refractivity contribution in [2.24, 2.45) is 0 Å². The molecular weight excluding hydrogens is 549 g/mol. The van der Waals surface area contributed by atoms with Gasteiger partial charge in [-0.1, -0.05) is 18.2 Å². The first-order valence-corrected chi connectivity index (χ1v) is 13.3. The van der Waals surface area contributed by atoms with Gasteiger partial charge in [-0.2, -0.15) is 13.2 Å². The molecule has 2 aromatic heterocycles. The van der Waals surface area contributed by atoms with Crippen LogP contribution in [0.25, 0.3) is 0 Å².